The Kier molecular flexibility index (Phi) is 4.92. The Hall–Kier alpha value is -2.69. The van der Waals surface area contributed by atoms with Gasteiger partial charge in [-0.2, -0.15) is 0 Å². The first-order valence-electron chi connectivity index (χ1n) is 9.92. The zero-order valence-electron chi connectivity index (χ0n) is 16.2. The summed E-state index contributed by atoms with van der Waals surface area (Å²) >= 11 is 0. The van der Waals surface area contributed by atoms with Crippen molar-refractivity contribution in [2.24, 2.45) is 10.9 Å². The number of allylic oxidation sites excluding steroid dienone is 3. The number of hydrogen-bond donors (Lipinski definition) is 1. The number of aromatic hydroxyl groups is 1. The SMILES string of the molecule is C=CCc1cc([C@H]2C3=C(CCCC3=O)N=C3CCCC(=O)[C@H]32)cc(OC)c1O. The molecule has 0 aromatic heterocycles. The first kappa shape index (κ1) is 18.7. The van der Waals surface area contributed by atoms with Gasteiger partial charge in [0.15, 0.2) is 17.3 Å². The van der Waals surface area contributed by atoms with Gasteiger partial charge in [-0.15, -0.1) is 6.58 Å². The van der Waals surface area contributed by atoms with E-state index in [0.717, 1.165) is 42.7 Å². The van der Waals surface area contributed by atoms with Gasteiger partial charge in [-0.1, -0.05) is 12.1 Å². The van der Waals surface area contributed by atoms with Gasteiger partial charge in [0, 0.05) is 41.3 Å². The third kappa shape index (κ3) is 2.99. The molecule has 1 aromatic carbocycles. The van der Waals surface area contributed by atoms with E-state index in [1.54, 1.807) is 12.1 Å². The van der Waals surface area contributed by atoms with Gasteiger partial charge in [-0.05, 0) is 43.7 Å². The minimum atomic E-state index is -0.389. The highest BCUT2D eigenvalue weighted by molar-refractivity contribution is 6.12. The molecule has 28 heavy (non-hydrogen) atoms. The van der Waals surface area contributed by atoms with Crippen molar-refractivity contribution in [1.29, 1.82) is 0 Å². The number of fused-ring (bicyclic) bond motifs is 1. The fraction of sp³-hybridized carbons (Fsp3) is 0.435. The lowest BCUT2D eigenvalue weighted by Gasteiger charge is -2.38. The number of carbonyl (C=O) groups is 2. The minimum absolute atomic E-state index is 0.0787. The van der Waals surface area contributed by atoms with E-state index in [1.165, 1.54) is 7.11 Å². The molecule has 1 fully saturated rings. The van der Waals surface area contributed by atoms with Crippen LogP contribution in [-0.2, 0) is 16.0 Å². The molecule has 0 bridgehead atoms. The largest absolute Gasteiger partial charge is 0.504 e. The standard InChI is InChI=1S/C23H25NO4/c1-3-6-13-11-14(12-19(28-2)23(13)27)20-21-15(7-4-9-17(21)25)24-16-8-5-10-18(26)22(16)20/h3,11-12,20-21,27H,1,4-10H2,2H3/t20-,21+/m1/s1. The number of carbonyl (C=O) groups excluding carboxylic acids is 2. The first-order valence-corrected chi connectivity index (χ1v) is 9.92. The van der Waals surface area contributed by atoms with Gasteiger partial charge in [0.05, 0.1) is 13.0 Å². The number of benzene rings is 1. The summed E-state index contributed by atoms with van der Waals surface area (Å²) in [5.74, 6) is -0.0643. The molecular weight excluding hydrogens is 354 g/mol. The van der Waals surface area contributed by atoms with Gasteiger partial charge in [-0.25, -0.2) is 0 Å². The quantitative estimate of drug-likeness (QED) is 0.801. The maximum Gasteiger partial charge on any atom is 0.161 e. The van der Waals surface area contributed by atoms with Crippen LogP contribution in [0.4, 0.5) is 0 Å². The summed E-state index contributed by atoms with van der Waals surface area (Å²) in [5.41, 5.74) is 3.96. The molecule has 1 heterocycles. The van der Waals surface area contributed by atoms with E-state index in [0.29, 0.717) is 36.1 Å². The number of ether oxygens (including phenoxy) is 1. The number of phenols is 1. The van der Waals surface area contributed by atoms with Gasteiger partial charge in [0.2, 0.25) is 0 Å². The van der Waals surface area contributed by atoms with Crippen molar-refractivity contribution < 1.29 is 19.4 Å². The zero-order valence-corrected chi connectivity index (χ0v) is 16.2. The van der Waals surface area contributed by atoms with Gasteiger partial charge in [0.1, 0.15) is 5.78 Å². The van der Waals surface area contributed by atoms with Crippen LogP contribution in [0.2, 0.25) is 0 Å². The van der Waals surface area contributed by atoms with Crippen molar-refractivity contribution >= 4 is 17.3 Å². The van der Waals surface area contributed by atoms with Gasteiger partial charge >= 0.3 is 0 Å². The Balaban J connectivity index is 1.92. The molecule has 146 valence electrons. The summed E-state index contributed by atoms with van der Waals surface area (Å²) in [4.78, 5) is 30.6. The fourth-order valence-corrected chi connectivity index (χ4v) is 4.79. The molecular formula is C23H25NO4. The van der Waals surface area contributed by atoms with E-state index in [-0.39, 0.29) is 29.2 Å². The summed E-state index contributed by atoms with van der Waals surface area (Å²) in [6.45, 7) is 3.76. The van der Waals surface area contributed by atoms with E-state index in [4.69, 9.17) is 9.73 Å². The van der Waals surface area contributed by atoms with E-state index < -0.39 is 0 Å². The molecule has 0 saturated heterocycles. The highest BCUT2D eigenvalue weighted by atomic mass is 16.5. The van der Waals surface area contributed by atoms with Crippen LogP contribution in [0.3, 0.4) is 0 Å². The van der Waals surface area contributed by atoms with Crippen LogP contribution in [0.15, 0.2) is 41.1 Å². The molecule has 2 aliphatic carbocycles. The average Bonchev–Trinajstić information content (AvgIpc) is 2.69. The summed E-state index contributed by atoms with van der Waals surface area (Å²) in [6.07, 6.45) is 6.40. The number of Topliss-reactive ketones (excluding diaryl/α,β-unsaturated/α-hetero) is 2. The number of hydrogen-bond acceptors (Lipinski definition) is 5. The molecule has 0 unspecified atom stereocenters. The van der Waals surface area contributed by atoms with Crippen molar-refractivity contribution in [3.05, 3.63) is 47.2 Å². The predicted molar refractivity (Wildman–Crippen MR) is 107 cm³/mol. The zero-order chi connectivity index (χ0) is 19.8. The normalized spacial score (nSPS) is 24.4. The molecule has 1 N–H and O–H groups in total. The molecule has 0 amide bonds. The Labute approximate surface area is 164 Å². The van der Waals surface area contributed by atoms with Crippen LogP contribution in [0, 0.1) is 5.92 Å². The van der Waals surface area contributed by atoms with Crippen molar-refractivity contribution in [3.63, 3.8) is 0 Å². The van der Waals surface area contributed by atoms with Gasteiger partial charge < -0.3 is 9.84 Å². The molecule has 1 aliphatic heterocycles. The van der Waals surface area contributed by atoms with Crippen LogP contribution in [0.1, 0.15) is 55.6 Å². The van der Waals surface area contributed by atoms with Gasteiger partial charge in [-0.3, -0.25) is 14.6 Å². The Morgan fingerprint density at radius 1 is 1.18 bits per heavy atom. The number of phenolic OH excluding ortho intramolecular Hbond substituents is 1. The summed E-state index contributed by atoms with van der Waals surface area (Å²) in [6, 6.07) is 3.66. The Morgan fingerprint density at radius 3 is 2.71 bits per heavy atom. The molecule has 2 atom stereocenters. The third-order valence-corrected chi connectivity index (χ3v) is 6.03. The fourth-order valence-electron chi connectivity index (χ4n) is 4.79. The third-order valence-electron chi connectivity index (χ3n) is 6.03. The molecule has 0 radical (unpaired) electrons. The van der Waals surface area contributed by atoms with E-state index in [1.807, 2.05) is 6.07 Å². The summed E-state index contributed by atoms with van der Waals surface area (Å²) in [7, 11) is 1.51. The van der Waals surface area contributed by atoms with Crippen LogP contribution in [0.5, 0.6) is 11.5 Å². The van der Waals surface area contributed by atoms with Crippen LogP contribution < -0.4 is 4.74 Å². The maximum absolute atomic E-state index is 12.9. The van der Waals surface area contributed by atoms with Crippen molar-refractivity contribution in [3.8, 4) is 11.5 Å². The lowest BCUT2D eigenvalue weighted by Crippen LogP contribution is -2.39. The van der Waals surface area contributed by atoms with Crippen LogP contribution >= 0.6 is 0 Å². The Bertz CT molecular complexity index is 925. The second-order valence-corrected chi connectivity index (χ2v) is 7.74. The summed E-state index contributed by atoms with van der Waals surface area (Å²) < 4.78 is 5.39. The summed E-state index contributed by atoms with van der Waals surface area (Å²) in [5, 5.41) is 10.5. The average molecular weight is 379 g/mol. The van der Waals surface area contributed by atoms with Crippen LogP contribution in [0.25, 0.3) is 0 Å². The van der Waals surface area contributed by atoms with E-state index in [9.17, 15) is 14.7 Å². The molecule has 1 saturated carbocycles. The number of rotatable bonds is 4. The number of ketones is 2. The van der Waals surface area contributed by atoms with Crippen molar-refractivity contribution in [2.75, 3.05) is 7.11 Å². The molecule has 0 spiro atoms. The predicted octanol–water partition coefficient (Wildman–Crippen LogP) is 4.04. The highest BCUT2D eigenvalue weighted by Crippen LogP contribution is 2.47. The second kappa shape index (κ2) is 7.38. The topological polar surface area (TPSA) is 76.0 Å². The minimum Gasteiger partial charge on any atom is -0.504 e. The van der Waals surface area contributed by atoms with Crippen molar-refractivity contribution in [1.82, 2.24) is 0 Å². The number of aliphatic imine (C=N–C) groups is 1. The van der Waals surface area contributed by atoms with E-state index in [2.05, 4.69) is 6.58 Å². The maximum atomic E-state index is 12.9. The molecule has 5 heteroatoms. The second-order valence-electron chi connectivity index (χ2n) is 7.74. The molecule has 4 rings (SSSR count). The van der Waals surface area contributed by atoms with E-state index >= 15 is 0 Å². The first-order chi connectivity index (χ1) is 13.5. The molecule has 1 aromatic rings. The Morgan fingerprint density at radius 2 is 1.96 bits per heavy atom. The smallest absolute Gasteiger partial charge is 0.161 e. The van der Waals surface area contributed by atoms with Crippen molar-refractivity contribution in [2.45, 2.75) is 50.9 Å². The lowest BCUT2D eigenvalue weighted by atomic mass is 9.67. The number of methoxy groups -OCH3 is 1. The molecule has 5 nitrogen and oxygen atoms in total. The number of nitrogens with zero attached hydrogens (tertiary/aromatic N) is 1. The lowest BCUT2D eigenvalue weighted by molar-refractivity contribution is -0.122. The highest BCUT2D eigenvalue weighted by Gasteiger charge is 2.44. The van der Waals surface area contributed by atoms with Gasteiger partial charge in [0.25, 0.3) is 0 Å². The monoisotopic (exact) mass is 379 g/mol. The molecule has 3 aliphatic rings. The van der Waals surface area contributed by atoms with Crippen LogP contribution in [-0.4, -0.2) is 29.5 Å².